The number of fused-ring (bicyclic) bond motifs is 1. The lowest BCUT2D eigenvalue weighted by Gasteiger charge is -2.17. The van der Waals surface area contributed by atoms with Crippen molar-refractivity contribution in [1.82, 2.24) is 5.32 Å². The Morgan fingerprint density at radius 1 is 1.60 bits per heavy atom. The molecule has 2 N–H and O–H groups in total. The van der Waals surface area contributed by atoms with Crippen LogP contribution in [0.25, 0.3) is 0 Å². The van der Waals surface area contributed by atoms with Crippen LogP contribution in [-0.4, -0.2) is 23.7 Å². The van der Waals surface area contributed by atoms with Gasteiger partial charge >= 0.3 is 5.97 Å². The summed E-state index contributed by atoms with van der Waals surface area (Å²) >= 11 is 0. The van der Waals surface area contributed by atoms with Gasteiger partial charge in [0, 0.05) is 6.04 Å². The number of carboxylic acid groups (broad SMARTS) is 1. The van der Waals surface area contributed by atoms with E-state index in [4.69, 9.17) is 5.11 Å². The first-order valence-electron chi connectivity index (χ1n) is 3.75. The van der Waals surface area contributed by atoms with E-state index in [1.807, 2.05) is 0 Å². The minimum atomic E-state index is -0.603. The molecule has 0 radical (unpaired) electrons. The van der Waals surface area contributed by atoms with Crippen LogP contribution in [0.15, 0.2) is 0 Å². The van der Waals surface area contributed by atoms with Crippen molar-refractivity contribution >= 4 is 5.97 Å². The first-order chi connectivity index (χ1) is 4.79. The van der Waals surface area contributed by atoms with E-state index in [9.17, 15) is 4.79 Å². The fraction of sp³-hybridized carbons (Fsp3) is 0.857. The number of carboxylic acids is 1. The normalized spacial score (nSPS) is 44.2. The highest BCUT2D eigenvalue weighted by molar-refractivity contribution is 5.71. The zero-order valence-corrected chi connectivity index (χ0v) is 5.71. The first kappa shape index (κ1) is 6.16. The van der Waals surface area contributed by atoms with Crippen molar-refractivity contribution in [3.8, 4) is 0 Å². The Morgan fingerprint density at radius 2 is 2.40 bits per heavy atom. The Bertz CT molecular complexity index is 169. The third-order valence-electron chi connectivity index (χ3n) is 2.54. The van der Waals surface area contributed by atoms with Gasteiger partial charge in [-0.3, -0.25) is 4.79 Å². The lowest BCUT2D eigenvalue weighted by atomic mass is 9.97. The molecule has 1 saturated carbocycles. The summed E-state index contributed by atoms with van der Waals surface area (Å²) in [6, 6.07) is 0.537. The smallest absolute Gasteiger partial charge is 0.306 e. The highest BCUT2D eigenvalue weighted by atomic mass is 16.4. The van der Waals surface area contributed by atoms with Crippen LogP contribution in [0, 0.1) is 11.8 Å². The fourth-order valence-electron chi connectivity index (χ4n) is 1.84. The molecule has 3 nitrogen and oxygen atoms in total. The molecular formula is C7H11NO2. The van der Waals surface area contributed by atoms with Crippen LogP contribution in [0.3, 0.4) is 0 Å². The summed E-state index contributed by atoms with van der Waals surface area (Å²) < 4.78 is 0. The van der Waals surface area contributed by atoms with Crippen LogP contribution in [0.2, 0.25) is 0 Å². The summed E-state index contributed by atoms with van der Waals surface area (Å²) in [6.45, 7) is 0.887. The number of piperidine rings is 1. The Morgan fingerprint density at radius 3 is 3.00 bits per heavy atom. The molecule has 56 valence electrons. The molecule has 0 aromatic carbocycles. The predicted octanol–water partition coefficient (Wildman–Crippen LogP) is 0.0690. The first-order valence-corrected chi connectivity index (χ1v) is 3.75. The van der Waals surface area contributed by atoms with E-state index < -0.39 is 5.97 Å². The molecule has 0 unspecified atom stereocenters. The number of aliphatic carboxylic acids is 1. The van der Waals surface area contributed by atoms with E-state index >= 15 is 0 Å². The summed E-state index contributed by atoms with van der Waals surface area (Å²) in [7, 11) is 0. The van der Waals surface area contributed by atoms with E-state index in [1.54, 1.807) is 0 Å². The molecule has 1 aliphatic carbocycles. The number of nitrogens with one attached hydrogen (secondary N) is 1. The van der Waals surface area contributed by atoms with Crippen LogP contribution in [0.5, 0.6) is 0 Å². The van der Waals surface area contributed by atoms with Crippen LogP contribution in [-0.2, 0) is 4.79 Å². The molecule has 1 heterocycles. The molecule has 3 atom stereocenters. The van der Waals surface area contributed by atoms with Crippen molar-refractivity contribution in [3.63, 3.8) is 0 Å². The quantitative estimate of drug-likeness (QED) is 0.543. The maximum atomic E-state index is 10.6. The Labute approximate surface area is 59.4 Å². The molecular weight excluding hydrogens is 130 g/mol. The van der Waals surface area contributed by atoms with Crippen molar-refractivity contribution in [2.24, 2.45) is 11.8 Å². The molecule has 2 rings (SSSR count). The molecule has 10 heavy (non-hydrogen) atoms. The van der Waals surface area contributed by atoms with Gasteiger partial charge in [0.05, 0.1) is 5.92 Å². The molecule has 0 spiro atoms. The van der Waals surface area contributed by atoms with Crippen molar-refractivity contribution in [2.75, 3.05) is 6.54 Å². The van der Waals surface area contributed by atoms with E-state index in [-0.39, 0.29) is 5.92 Å². The van der Waals surface area contributed by atoms with Gasteiger partial charge in [-0.05, 0) is 25.3 Å². The molecule has 3 heteroatoms. The molecule has 1 saturated heterocycles. The summed E-state index contributed by atoms with van der Waals surface area (Å²) in [4.78, 5) is 10.6. The maximum absolute atomic E-state index is 10.6. The third-order valence-corrected chi connectivity index (χ3v) is 2.54. The van der Waals surface area contributed by atoms with Gasteiger partial charge in [0.15, 0.2) is 0 Å². The zero-order valence-electron chi connectivity index (χ0n) is 5.71. The van der Waals surface area contributed by atoms with Crippen molar-refractivity contribution in [3.05, 3.63) is 0 Å². The number of rotatable bonds is 1. The third kappa shape index (κ3) is 0.814. The fourth-order valence-corrected chi connectivity index (χ4v) is 1.84. The number of carbonyl (C=O) groups is 1. The van der Waals surface area contributed by atoms with E-state index in [1.165, 1.54) is 0 Å². The Balaban J connectivity index is 2.02. The zero-order chi connectivity index (χ0) is 7.14. The van der Waals surface area contributed by atoms with Gasteiger partial charge in [-0.1, -0.05) is 0 Å². The molecule has 2 aliphatic rings. The van der Waals surface area contributed by atoms with Crippen LogP contribution >= 0.6 is 0 Å². The summed E-state index contributed by atoms with van der Waals surface area (Å²) in [5, 5.41) is 12.0. The van der Waals surface area contributed by atoms with E-state index in [0.717, 1.165) is 19.4 Å². The molecule has 0 bridgehead atoms. The van der Waals surface area contributed by atoms with Crippen LogP contribution < -0.4 is 5.32 Å². The van der Waals surface area contributed by atoms with Crippen molar-refractivity contribution < 1.29 is 9.90 Å². The minimum absolute atomic E-state index is 0.0498. The monoisotopic (exact) mass is 141 g/mol. The predicted molar refractivity (Wildman–Crippen MR) is 35.6 cm³/mol. The van der Waals surface area contributed by atoms with Gasteiger partial charge < -0.3 is 10.4 Å². The molecule has 0 aromatic heterocycles. The van der Waals surface area contributed by atoms with Gasteiger partial charge in [-0.2, -0.15) is 0 Å². The topological polar surface area (TPSA) is 49.3 Å². The highest BCUT2D eigenvalue weighted by Gasteiger charge is 2.48. The summed E-state index contributed by atoms with van der Waals surface area (Å²) in [5.74, 6) is -0.202. The molecule has 2 fully saturated rings. The average molecular weight is 141 g/mol. The van der Waals surface area contributed by atoms with Crippen LogP contribution in [0.1, 0.15) is 12.8 Å². The van der Waals surface area contributed by atoms with Gasteiger partial charge in [0.2, 0.25) is 0 Å². The number of hydrogen-bond donors (Lipinski definition) is 2. The van der Waals surface area contributed by atoms with Gasteiger partial charge in [0.25, 0.3) is 0 Å². The number of hydrogen-bond acceptors (Lipinski definition) is 2. The molecule has 0 amide bonds. The Kier molecular flexibility index (Phi) is 1.20. The molecule has 0 aromatic rings. The highest BCUT2D eigenvalue weighted by Crippen LogP contribution is 2.41. The summed E-state index contributed by atoms with van der Waals surface area (Å²) in [5.41, 5.74) is 0. The lowest BCUT2D eigenvalue weighted by Crippen LogP contribution is -2.33. The van der Waals surface area contributed by atoms with E-state index in [0.29, 0.717) is 12.0 Å². The van der Waals surface area contributed by atoms with Crippen molar-refractivity contribution in [1.29, 1.82) is 0 Å². The summed E-state index contributed by atoms with van der Waals surface area (Å²) in [6.07, 6.45) is 1.90. The largest absolute Gasteiger partial charge is 0.481 e. The SMILES string of the molecule is O=C(O)[C@H]1CCN[C@H]2C[C@H]21. The standard InChI is InChI=1S/C7H11NO2/c9-7(10)4-1-2-8-6-3-5(4)6/h4-6,8H,1-3H2,(H,9,10)/t4-,5-,6-/m0/s1. The second-order valence-corrected chi connectivity index (χ2v) is 3.19. The van der Waals surface area contributed by atoms with Gasteiger partial charge in [0.1, 0.15) is 0 Å². The van der Waals surface area contributed by atoms with Gasteiger partial charge in [-0.15, -0.1) is 0 Å². The van der Waals surface area contributed by atoms with Crippen molar-refractivity contribution in [2.45, 2.75) is 18.9 Å². The molecule has 1 aliphatic heterocycles. The second kappa shape index (κ2) is 1.95. The Hall–Kier alpha value is -0.570. The lowest BCUT2D eigenvalue weighted by molar-refractivity contribution is -0.143. The minimum Gasteiger partial charge on any atom is -0.481 e. The van der Waals surface area contributed by atoms with Gasteiger partial charge in [-0.25, -0.2) is 0 Å². The maximum Gasteiger partial charge on any atom is 0.306 e. The average Bonchev–Trinajstić information content (AvgIpc) is 2.63. The van der Waals surface area contributed by atoms with Crippen LogP contribution in [0.4, 0.5) is 0 Å². The van der Waals surface area contributed by atoms with E-state index in [2.05, 4.69) is 5.32 Å². The second-order valence-electron chi connectivity index (χ2n) is 3.19.